The standard InChI is InChI=1S/C41H43FN4O4/c1-49-35-18-17-32(27-36(35)50-2)41(22-26-45(28-41)40(48)31-13-7-4-8-14-31)21-25-44-23-19-29(20-24-44)37(47)39-43-33-15-9-10-16-34(33)46(39)38(42)30-11-5-3-6-12-30/h3-18,27,29,38H,19-26,28H2,1-2H3. The Balaban J connectivity index is 1.07. The van der Waals surface area contributed by atoms with Crippen molar-refractivity contribution >= 4 is 22.7 Å². The lowest BCUT2D eigenvalue weighted by Gasteiger charge is -2.36. The van der Waals surface area contributed by atoms with Gasteiger partial charge in [-0.05, 0) is 87.3 Å². The van der Waals surface area contributed by atoms with Crippen molar-refractivity contribution in [2.75, 3.05) is 46.9 Å². The third-order valence-electron chi connectivity index (χ3n) is 10.6. The average molecular weight is 675 g/mol. The molecule has 0 aliphatic carbocycles. The van der Waals surface area contributed by atoms with Gasteiger partial charge in [-0.2, -0.15) is 0 Å². The van der Waals surface area contributed by atoms with E-state index in [1.165, 1.54) is 4.57 Å². The maximum Gasteiger partial charge on any atom is 0.253 e. The summed E-state index contributed by atoms with van der Waals surface area (Å²) in [6.07, 6.45) is 1.50. The number of carbonyl (C=O) groups is 2. The van der Waals surface area contributed by atoms with Crippen LogP contribution in [0, 0.1) is 5.92 Å². The number of hydrogen-bond donors (Lipinski definition) is 0. The smallest absolute Gasteiger partial charge is 0.253 e. The Bertz CT molecular complexity index is 1960. The number of nitrogens with zero attached hydrogens (tertiary/aromatic N) is 4. The molecule has 2 saturated heterocycles. The molecule has 1 aromatic heterocycles. The highest BCUT2D eigenvalue weighted by Gasteiger charge is 2.42. The predicted molar refractivity (Wildman–Crippen MR) is 192 cm³/mol. The van der Waals surface area contributed by atoms with Crippen LogP contribution in [0.2, 0.25) is 0 Å². The SMILES string of the molecule is COc1ccc(C2(CCN3CCC(C(=O)c4nc5ccccc5n4C(F)c4ccccc4)CC3)CCN(C(=O)c3ccccc3)C2)cc1OC. The number of ether oxygens (including phenoxy) is 2. The summed E-state index contributed by atoms with van der Waals surface area (Å²) in [6.45, 7) is 3.60. The number of piperidine rings is 1. The molecule has 9 heteroatoms. The maximum atomic E-state index is 16.1. The number of Topliss-reactive ketones (excluding diaryl/α,β-unsaturated/α-hetero) is 1. The molecule has 0 bridgehead atoms. The number of halogens is 1. The molecule has 5 aromatic rings. The van der Waals surface area contributed by atoms with Crippen molar-refractivity contribution in [2.45, 2.75) is 37.4 Å². The Morgan fingerprint density at radius 2 is 1.54 bits per heavy atom. The largest absolute Gasteiger partial charge is 0.493 e. The van der Waals surface area contributed by atoms with Crippen LogP contribution in [0.4, 0.5) is 4.39 Å². The van der Waals surface area contributed by atoms with Crippen molar-refractivity contribution in [1.29, 1.82) is 0 Å². The number of alkyl halides is 1. The van der Waals surface area contributed by atoms with E-state index in [-0.39, 0.29) is 28.8 Å². The van der Waals surface area contributed by atoms with Crippen LogP contribution in [0.15, 0.2) is 103 Å². The minimum Gasteiger partial charge on any atom is -0.493 e. The van der Waals surface area contributed by atoms with Gasteiger partial charge in [0.2, 0.25) is 12.1 Å². The van der Waals surface area contributed by atoms with Crippen molar-refractivity contribution in [2.24, 2.45) is 5.92 Å². The van der Waals surface area contributed by atoms with Crippen LogP contribution in [-0.4, -0.2) is 78.0 Å². The van der Waals surface area contributed by atoms with E-state index in [2.05, 4.69) is 22.0 Å². The van der Waals surface area contributed by atoms with Gasteiger partial charge in [-0.25, -0.2) is 9.37 Å². The second kappa shape index (κ2) is 14.5. The van der Waals surface area contributed by atoms with Crippen LogP contribution < -0.4 is 9.47 Å². The summed E-state index contributed by atoms with van der Waals surface area (Å²) >= 11 is 0. The van der Waals surface area contributed by atoms with E-state index in [4.69, 9.17) is 9.47 Å². The topological polar surface area (TPSA) is 76.9 Å². The van der Waals surface area contributed by atoms with E-state index in [9.17, 15) is 9.59 Å². The number of imidazole rings is 1. The molecule has 0 spiro atoms. The Kier molecular flexibility index (Phi) is 9.68. The molecule has 1 amide bonds. The third kappa shape index (κ3) is 6.50. The molecule has 3 heterocycles. The molecule has 2 aliphatic heterocycles. The summed E-state index contributed by atoms with van der Waals surface area (Å²) in [6, 6.07) is 31.8. The van der Waals surface area contributed by atoms with Gasteiger partial charge in [-0.15, -0.1) is 0 Å². The van der Waals surface area contributed by atoms with Gasteiger partial charge in [0.1, 0.15) is 0 Å². The monoisotopic (exact) mass is 674 g/mol. The Morgan fingerprint density at radius 3 is 2.26 bits per heavy atom. The molecule has 0 radical (unpaired) electrons. The Hall–Kier alpha value is -5.02. The minimum absolute atomic E-state index is 0.0427. The molecule has 2 fully saturated rings. The molecule has 4 aromatic carbocycles. The molecule has 258 valence electrons. The molecule has 7 rings (SSSR count). The average Bonchev–Trinajstić information content (AvgIpc) is 3.80. The van der Waals surface area contributed by atoms with E-state index >= 15 is 4.39 Å². The molecule has 2 unspecified atom stereocenters. The van der Waals surface area contributed by atoms with Crippen LogP contribution in [0.3, 0.4) is 0 Å². The van der Waals surface area contributed by atoms with Crippen LogP contribution in [0.25, 0.3) is 11.0 Å². The molecular formula is C41H43FN4O4. The van der Waals surface area contributed by atoms with Crippen molar-refractivity contribution in [3.63, 3.8) is 0 Å². The van der Waals surface area contributed by atoms with Crippen molar-refractivity contribution in [3.8, 4) is 11.5 Å². The maximum absolute atomic E-state index is 16.1. The highest BCUT2D eigenvalue weighted by molar-refractivity contribution is 5.98. The van der Waals surface area contributed by atoms with Crippen LogP contribution in [0.5, 0.6) is 11.5 Å². The highest BCUT2D eigenvalue weighted by atomic mass is 19.1. The first-order valence-electron chi connectivity index (χ1n) is 17.4. The van der Waals surface area contributed by atoms with Gasteiger partial charge in [-0.3, -0.25) is 14.2 Å². The summed E-state index contributed by atoms with van der Waals surface area (Å²) in [5, 5.41) is 0. The van der Waals surface area contributed by atoms with Crippen LogP contribution >= 0.6 is 0 Å². The van der Waals surface area contributed by atoms with E-state index in [1.54, 1.807) is 38.5 Å². The number of rotatable bonds is 11. The summed E-state index contributed by atoms with van der Waals surface area (Å²) in [5.41, 5.74) is 3.26. The number of likely N-dealkylation sites (tertiary alicyclic amines) is 2. The number of ketones is 1. The number of carbonyl (C=O) groups excluding carboxylic acids is 2. The molecule has 0 N–H and O–H groups in total. The lowest BCUT2D eigenvalue weighted by molar-refractivity contribution is 0.0778. The molecule has 2 atom stereocenters. The second-order valence-corrected chi connectivity index (χ2v) is 13.5. The number of hydrogen-bond acceptors (Lipinski definition) is 6. The van der Waals surface area contributed by atoms with Gasteiger partial charge in [0, 0.05) is 35.5 Å². The van der Waals surface area contributed by atoms with E-state index in [0.29, 0.717) is 59.6 Å². The first-order chi connectivity index (χ1) is 24.4. The number of aromatic nitrogens is 2. The van der Waals surface area contributed by atoms with E-state index in [1.807, 2.05) is 71.6 Å². The third-order valence-corrected chi connectivity index (χ3v) is 10.6. The number of fused-ring (bicyclic) bond motifs is 1. The number of para-hydroxylation sites is 2. The molecule has 2 aliphatic rings. The number of methoxy groups -OCH3 is 2. The van der Waals surface area contributed by atoms with Crippen LogP contribution in [-0.2, 0) is 5.41 Å². The molecular weight excluding hydrogens is 631 g/mol. The fourth-order valence-corrected chi connectivity index (χ4v) is 7.74. The fraction of sp³-hybridized carbons (Fsp3) is 0.341. The highest BCUT2D eigenvalue weighted by Crippen LogP contribution is 2.42. The molecule has 8 nitrogen and oxygen atoms in total. The predicted octanol–water partition coefficient (Wildman–Crippen LogP) is 7.34. The van der Waals surface area contributed by atoms with Crippen molar-refractivity contribution in [1.82, 2.24) is 19.4 Å². The quantitative estimate of drug-likeness (QED) is 0.137. The first kappa shape index (κ1) is 33.5. The lowest BCUT2D eigenvalue weighted by atomic mass is 9.76. The molecule has 50 heavy (non-hydrogen) atoms. The minimum atomic E-state index is -1.52. The molecule has 0 saturated carbocycles. The zero-order valence-corrected chi connectivity index (χ0v) is 28.6. The normalized spacial score (nSPS) is 19.1. The van der Waals surface area contributed by atoms with Gasteiger partial charge in [0.05, 0.1) is 25.3 Å². The Morgan fingerprint density at radius 1 is 0.860 bits per heavy atom. The summed E-state index contributed by atoms with van der Waals surface area (Å²) in [4.78, 5) is 36.6. The van der Waals surface area contributed by atoms with Gasteiger partial charge >= 0.3 is 0 Å². The zero-order valence-electron chi connectivity index (χ0n) is 28.6. The fourth-order valence-electron chi connectivity index (χ4n) is 7.74. The van der Waals surface area contributed by atoms with Crippen LogP contribution in [0.1, 0.15) is 64.1 Å². The van der Waals surface area contributed by atoms with Gasteiger partial charge in [0.15, 0.2) is 17.3 Å². The second-order valence-electron chi connectivity index (χ2n) is 13.5. The van der Waals surface area contributed by atoms with E-state index in [0.717, 1.165) is 38.0 Å². The number of benzene rings is 4. The zero-order chi connectivity index (χ0) is 34.7. The van der Waals surface area contributed by atoms with Gasteiger partial charge in [0.25, 0.3) is 5.91 Å². The Labute approximate surface area is 292 Å². The van der Waals surface area contributed by atoms with Crippen molar-refractivity contribution < 1.29 is 23.5 Å². The summed E-state index contributed by atoms with van der Waals surface area (Å²) in [7, 11) is 3.27. The van der Waals surface area contributed by atoms with E-state index < -0.39 is 6.30 Å². The summed E-state index contributed by atoms with van der Waals surface area (Å²) < 4.78 is 28.8. The van der Waals surface area contributed by atoms with Gasteiger partial charge in [-0.1, -0.05) is 66.7 Å². The van der Waals surface area contributed by atoms with Gasteiger partial charge < -0.3 is 19.3 Å². The first-order valence-corrected chi connectivity index (χ1v) is 17.4. The summed E-state index contributed by atoms with van der Waals surface area (Å²) in [5.74, 6) is 1.22. The number of amides is 1. The lowest BCUT2D eigenvalue weighted by Crippen LogP contribution is -2.41. The van der Waals surface area contributed by atoms with Crippen molar-refractivity contribution in [3.05, 3.63) is 126 Å².